The molecule has 8 heteroatoms. The molecule has 1 aliphatic rings. The summed E-state index contributed by atoms with van der Waals surface area (Å²) >= 11 is 0. The van der Waals surface area contributed by atoms with Gasteiger partial charge in [0.25, 0.3) is 0 Å². The van der Waals surface area contributed by atoms with Gasteiger partial charge in [-0.25, -0.2) is 4.79 Å². The van der Waals surface area contributed by atoms with Gasteiger partial charge in [-0.15, -0.1) is 0 Å². The number of nitrogens with one attached hydrogen (secondary N) is 2. The summed E-state index contributed by atoms with van der Waals surface area (Å²) in [7, 11) is 0. The van der Waals surface area contributed by atoms with Gasteiger partial charge in [0.2, 0.25) is 5.91 Å². The molecule has 33 heavy (non-hydrogen) atoms. The maximum absolute atomic E-state index is 12.7. The van der Waals surface area contributed by atoms with E-state index in [0.717, 1.165) is 22.3 Å². The van der Waals surface area contributed by atoms with Crippen LogP contribution in [-0.4, -0.2) is 53.5 Å². The lowest BCUT2D eigenvalue weighted by molar-refractivity contribution is -0.137. The van der Waals surface area contributed by atoms with Gasteiger partial charge in [-0.1, -0.05) is 62.4 Å². The van der Waals surface area contributed by atoms with E-state index in [0.29, 0.717) is 0 Å². The monoisotopic (exact) mass is 454 g/mol. The van der Waals surface area contributed by atoms with Gasteiger partial charge < -0.3 is 25.6 Å². The number of fused-ring (bicyclic) bond motifs is 3. The number of hydrogen-bond donors (Lipinski definition) is 4. The number of aliphatic hydroxyl groups is 1. The largest absolute Gasteiger partial charge is 0.481 e. The van der Waals surface area contributed by atoms with Crippen LogP contribution in [0.25, 0.3) is 11.1 Å². The summed E-state index contributed by atoms with van der Waals surface area (Å²) in [5.41, 5.74) is 4.33. The van der Waals surface area contributed by atoms with Crippen LogP contribution in [0.2, 0.25) is 0 Å². The molecule has 0 saturated carbocycles. The average molecular weight is 455 g/mol. The molecule has 0 fully saturated rings. The van der Waals surface area contributed by atoms with Crippen molar-refractivity contribution in [2.75, 3.05) is 13.2 Å². The van der Waals surface area contributed by atoms with Crippen LogP contribution in [-0.2, 0) is 14.3 Å². The average Bonchev–Trinajstić information content (AvgIpc) is 3.12. The van der Waals surface area contributed by atoms with E-state index in [2.05, 4.69) is 10.6 Å². The number of aliphatic hydroxyl groups excluding tert-OH is 1. The second-order valence-electron chi connectivity index (χ2n) is 8.50. The van der Waals surface area contributed by atoms with Gasteiger partial charge in [0, 0.05) is 12.3 Å². The number of carbonyl (C=O) groups is 3. The van der Waals surface area contributed by atoms with Crippen LogP contribution in [0.1, 0.15) is 43.7 Å². The molecule has 0 aliphatic heterocycles. The Morgan fingerprint density at radius 3 is 2.06 bits per heavy atom. The van der Waals surface area contributed by atoms with Crippen molar-refractivity contribution in [3.8, 4) is 11.1 Å². The second-order valence-corrected chi connectivity index (χ2v) is 8.50. The van der Waals surface area contributed by atoms with Gasteiger partial charge in [0.1, 0.15) is 12.6 Å². The number of aliphatic carboxylic acids is 1. The molecule has 0 radical (unpaired) electrons. The summed E-state index contributed by atoms with van der Waals surface area (Å²) in [6, 6.07) is 14.3. The first-order chi connectivity index (χ1) is 15.8. The zero-order valence-corrected chi connectivity index (χ0v) is 18.8. The summed E-state index contributed by atoms with van der Waals surface area (Å²) in [5, 5.41) is 23.6. The highest BCUT2D eigenvalue weighted by Gasteiger charge is 2.30. The first-order valence-corrected chi connectivity index (χ1v) is 11.1. The number of alkyl carbamates (subject to hydrolysis) is 1. The number of carboxylic acid groups (broad SMARTS) is 1. The molecule has 1 unspecified atom stereocenters. The van der Waals surface area contributed by atoms with E-state index in [1.165, 1.54) is 0 Å². The Kier molecular flexibility index (Phi) is 8.06. The molecule has 2 amide bonds. The molecule has 0 aromatic heterocycles. The first-order valence-electron chi connectivity index (χ1n) is 11.1. The highest BCUT2D eigenvalue weighted by molar-refractivity contribution is 5.86. The Labute approximate surface area is 193 Å². The zero-order valence-electron chi connectivity index (χ0n) is 18.8. The van der Waals surface area contributed by atoms with Gasteiger partial charge >= 0.3 is 12.1 Å². The predicted molar refractivity (Wildman–Crippen MR) is 123 cm³/mol. The van der Waals surface area contributed by atoms with E-state index >= 15 is 0 Å². The number of amides is 2. The Morgan fingerprint density at radius 2 is 1.55 bits per heavy atom. The minimum atomic E-state index is -1.09. The minimum Gasteiger partial charge on any atom is -0.481 e. The third-order valence-corrected chi connectivity index (χ3v) is 5.93. The fourth-order valence-electron chi connectivity index (χ4n) is 4.03. The van der Waals surface area contributed by atoms with Crippen LogP contribution >= 0.6 is 0 Å². The molecule has 0 spiro atoms. The summed E-state index contributed by atoms with van der Waals surface area (Å²) in [6.45, 7) is 3.50. The molecule has 3 rings (SSSR count). The molecule has 4 N–H and O–H groups in total. The standard InChI is InChI=1S/C25H30N2O6/c1-15(2)22(13-28)26-24(31)21(11-12-23(29)30)27-25(32)33-14-20-18-9-5-3-7-16(18)17-8-4-6-10-19(17)20/h3-10,15,20-22,28H,11-14H2,1-2H3,(H,26,31)(H,27,32)(H,29,30)/t21?,22-/m1/s1. The number of rotatable bonds is 10. The van der Waals surface area contributed by atoms with E-state index < -0.39 is 30.1 Å². The molecule has 176 valence electrons. The summed E-state index contributed by atoms with van der Waals surface area (Å²) in [4.78, 5) is 36.2. The van der Waals surface area contributed by atoms with Crippen molar-refractivity contribution in [1.29, 1.82) is 0 Å². The maximum atomic E-state index is 12.7. The molecular weight excluding hydrogens is 424 g/mol. The Morgan fingerprint density at radius 1 is 0.970 bits per heavy atom. The smallest absolute Gasteiger partial charge is 0.407 e. The van der Waals surface area contributed by atoms with E-state index in [-0.39, 0.29) is 37.9 Å². The van der Waals surface area contributed by atoms with Crippen molar-refractivity contribution in [1.82, 2.24) is 10.6 Å². The SMILES string of the molecule is CC(C)[C@@H](CO)NC(=O)C(CCC(=O)O)NC(=O)OCC1c2ccccc2-c2ccccc21. The van der Waals surface area contributed by atoms with Gasteiger partial charge in [-0.05, 0) is 34.6 Å². The molecule has 2 aromatic rings. The molecular formula is C25H30N2O6. The topological polar surface area (TPSA) is 125 Å². The zero-order chi connectivity index (χ0) is 24.0. The van der Waals surface area contributed by atoms with Crippen molar-refractivity contribution in [2.24, 2.45) is 5.92 Å². The molecule has 0 bridgehead atoms. The summed E-state index contributed by atoms with van der Waals surface area (Å²) in [5.74, 6) is -1.80. The van der Waals surface area contributed by atoms with Crippen LogP contribution < -0.4 is 10.6 Å². The molecule has 0 heterocycles. The lowest BCUT2D eigenvalue weighted by atomic mass is 9.98. The van der Waals surface area contributed by atoms with Crippen molar-refractivity contribution < 1.29 is 29.3 Å². The number of carbonyl (C=O) groups excluding carboxylic acids is 2. The van der Waals surface area contributed by atoms with Crippen LogP contribution in [0.3, 0.4) is 0 Å². The Balaban J connectivity index is 1.66. The van der Waals surface area contributed by atoms with Crippen molar-refractivity contribution >= 4 is 18.0 Å². The van der Waals surface area contributed by atoms with Crippen LogP contribution in [0, 0.1) is 5.92 Å². The van der Waals surface area contributed by atoms with Crippen LogP contribution in [0.4, 0.5) is 4.79 Å². The number of ether oxygens (including phenoxy) is 1. The minimum absolute atomic E-state index is 0.0338. The quantitative estimate of drug-likeness (QED) is 0.438. The molecule has 0 saturated heterocycles. The Bertz CT molecular complexity index is 960. The van der Waals surface area contributed by atoms with Gasteiger partial charge in [-0.2, -0.15) is 0 Å². The van der Waals surface area contributed by atoms with Crippen LogP contribution in [0.15, 0.2) is 48.5 Å². The van der Waals surface area contributed by atoms with Gasteiger partial charge in [0.05, 0.1) is 12.6 Å². The lowest BCUT2D eigenvalue weighted by Gasteiger charge is -2.24. The highest BCUT2D eigenvalue weighted by atomic mass is 16.5. The number of benzene rings is 2. The third-order valence-electron chi connectivity index (χ3n) is 5.93. The van der Waals surface area contributed by atoms with E-state index in [9.17, 15) is 19.5 Å². The molecule has 8 nitrogen and oxygen atoms in total. The Hall–Kier alpha value is -3.39. The van der Waals surface area contributed by atoms with Crippen molar-refractivity contribution in [2.45, 2.75) is 44.7 Å². The van der Waals surface area contributed by atoms with Crippen LogP contribution in [0.5, 0.6) is 0 Å². The fraction of sp³-hybridized carbons (Fsp3) is 0.400. The fourth-order valence-corrected chi connectivity index (χ4v) is 4.03. The lowest BCUT2D eigenvalue weighted by Crippen LogP contribution is -2.52. The summed E-state index contributed by atoms with van der Waals surface area (Å²) in [6.07, 6.45) is -1.19. The van der Waals surface area contributed by atoms with Gasteiger partial charge in [-0.3, -0.25) is 9.59 Å². The highest BCUT2D eigenvalue weighted by Crippen LogP contribution is 2.44. The number of hydrogen-bond acceptors (Lipinski definition) is 5. The molecule has 1 aliphatic carbocycles. The first kappa shape index (κ1) is 24.3. The molecule has 2 atom stereocenters. The normalized spacial score (nSPS) is 14.2. The van der Waals surface area contributed by atoms with Crippen molar-refractivity contribution in [3.63, 3.8) is 0 Å². The van der Waals surface area contributed by atoms with E-state index in [4.69, 9.17) is 9.84 Å². The summed E-state index contributed by atoms with van der Waals surface area (Å²) < 4.78 is 5.48. The number of carboxylic acids is 1. The van der Waals surface area contributed by atoms with Crippen molar-refractivity contribution in [3.05, 3.63) is 59.7 Å². The predicted octanol–water partition coefficient (Wildman–Crippen LogP) is 2.89. The van der Waals surface area contributed by atoms with E-state index in [1.54, 1.807) is 0 Å². The maximum Gasteiger partial charge on any atom is 0.407 e. The van der Waals surface area contributed by atoms with Gasteiger partial charge in [0.15, 0.2) is 0 Å². The van der Waals surface area contributed by atoms with E-state index in [1.807, 2.05) is 62.4 Å². The molecule has 2 aromatic carbocycles. The second kappa shape index (κ2) is 11.0. The third kappa shape index (κ3) is 5.90.